The first-order valence-electron chi connectivity index (χ1n) is 9.82. The highest BCUT2D eigenvalue weighted by atomic mass is 35.5. The molecule has 0 saturated carbocycles. The van der Waals surface area contributed by atoms with Gasteiger partial charge in [-0.25, -0.2) is 4.79 Å². The van der Waals surface area contributed by atoms with Crippen LogP contribution in [0.4, 0.5) is 10.6 Å². The van der Waals surface area contributed by atoms with Crippen molar-refractivity contribution in [3.63, 3.8) is 0 Å². The SMILES string of the molecule is C#C[C@@]1(CO)CCC(n2ccc3c(NC(=O)OCCc4ccccc4)nc(Cl)nc32)O1. The van der Waals surface area contributed by atoms with E-state index in [1.54, 1.807) is 16.8 Å². The number of anilines is 1. The molecule has 4 rings (SSSR count). The van der Waals surface area contributed by atoms with Crippen molar-refractivity contribution in [2.75, 3.05) is 18.5 Å². The molecule has 0 aliphatic carbocycles. The molecule has 1 saturated heterocycles. The summed E-state index contributed by atoms with van der Waals surface area (Å²) in [6.07, 6.45) is 7.96. The van der Waals surface area contributed by atoms with Crippen molar-refractivity contribution < 1.29 is 19.4 Å². The van der Waals surface area contributed by atoms with Crippen molar-refractivity contribution in [3.05, 3.63) is 53.4 Å². The molecule has 2 N–H and O–H groups in total. The number of benzene rings is 1. The number of amides is 1. The van der Waals surface area contributed by atoms with Crippen molar-refractivity contribution in [3.8, 4) is 12.3 Å². The summed E-state index contributed by atoms with van der Waals surface area (Å²) in [6.45, 7) is -0.0410. The molecule has 3 heterocycles. The monoisotopic (exact) mass is 440 g/mol. The molecule has 9 heteroatoms. The fourth-order valence-corrected chi connectivity index (χ4v) is 3.74. The summed E-state index contributed by atoms with van der Waals surface area (Å²) in [4.78, 5) is 20.7. The number of carbonyl (C=O) groups is 1. The molecule has 1 fully saturated rings. The Hall–Kier alpha value is -3.12. The second-order valence-corrected chi connectivity index (χ2v) is 7.54. The molecule has 2 atom stereocenters. The molecular formula is C22H21ClN4O4. The van der Waals surface area contributed by atoms with Crippen LogP contribution in [0.2, 0.25) is 5.28 Å². The summed E-state index contributed by atoms with van der Waals surface area (Å²) < 4.78 is 13.0. The van der Waals surface area contributed by atoms with Gasteiger partial charge < -0.3 is 19.1 Å². The number of fused-ring (bicyclic) bond motifs is 1. The number of aliphatic hydroxyl groups excluding tert-OH is 1. The van der Waals surface area contributed by atoms with Crippen LogP contribution >= 0.6 is 11.6 Å². The Morgan fingerprint density at radius 2 is 2.19 bits per heavy atom. The van der Waals surface area contributed by atoms with Gasteiger partial charge in [-0.15, -0.1) is 6.42 Å². The van der Waals surface area contributed by atoms with Gasteiger partial charge in [0.05, 0.1) is 18.6 Å². The second-order valence-electron chi connectivity index (χ2n) is 7.21. The number of halogens is 1. The van der Waals surface area contributed by atoms with Gasteiger partial charge in [0.15, 0.2) is 5.60 Å². The maximum Gasteiger partial charge on any atom is 0.412 e. The lowest BCUT2D eigenvalue weighted by molar-refractivity contribution is -0.0615. The van der Waals surface area contributed by atoms with Crippen molar-refractivity contribution in [1.82, 2.24) is 14.5 Å². The molecule has 1 unspecified atom stereocenters. The number of rotatable bonds is 6. The van der Waals surface area contributed by atoms with Crippen LogP contribution in [0.5, 0.6) is 0 Å². The Balaban J connectivity index is 1.48. The van der Waals surface area contributed by atoms with Gasteiger partial charge in [0, 0.05) is 12.6 Å². The fraction of sp³-hybridized carbons (Fsp3) is 0.318. The summed E-state index contributed by atoms with van der Waals surface area (Å²) in [7, 11) is 0. The zero-order valence-corrected chi connectivity index (χ0v) is 17.4. The standard InChI is InChI=1S/C22H21ClN4O4/c1-2-22(14-28)11-8-17(31-22)27-12-9-16-18(24-20(23)26-19(16)27)25-21(29)30-13-10-15-6-4-3-5-7-15/h1,3-7,9,12,17,28H,8,10-11,13-14H2,(H,24,25,26,29)/t17?,22-/m0/s1. The van der Waals surface area contributed by atoms with Gasteiger partial charge in [0.25, 0.3) is 0 Å². The highest BCUT2D eigenvalue weighted by Gasteiger charge is 2.39. The Kier molecular flexibility index (Phi) is 6.09. The van der Waals surface area contributed by atoms with Crippen LogP contribution in [0.1, 0.15) is 24.6 Å². The molecule has 1 aliphatic heterocycles. The van der Waals surface area contributed by atoms with Gasteiger partial charge in [0.1, 0.15) is 17.7 Å². The molecule has 0 spiro atoms. The van der Waals surface area contributed by atoms with Gasteiger partial charge in [-0.1, -0.05) is 36.3 Å². The van der Waals surface area contributed by atoms with Crippen LogP contribution in [0, 0.1) is 12.3 Å². The molecule has 31 heavy (non-hydrogen) atoms. The lowest BCUT2D eigenvalue weighted by Crippen LogP contribution is -2.31. The number of nitrogens with one attached hydrogen (secondary N) is 1. The number of aromatic nitrogens is 3. The van der Waals surface area contributed by atoms with Gasteiger partial charge in [-0.05, 0) is 36.1 Å². The van der Waals surface area contributed by atoms with Crippen molar-refractivity contribution in [1.29, 1.82) is 0 Å². The average Bonchev–Trinajstić information content (AvgIpc) is 3.39. The Labute approximate surface area is 184 Å². The zero-order valence-electron chi connectivity index (χ0n) is 16.6. The van der Waals surface area contributed by atoms with Crippen LogP contribution < -0.4 is 5.32 Å². The number of hydrogen-bond acceptors (Lipinski definition) is 6. The molecule has 0 bridgehead atoms. The van der Waals surface area contributed by atoms with Gasteiger partial charge in [-0.3, -0.25) is 5.32 Å². The highest BCUT2D eigenvalue weighted by Crippen LogP contribution is 2.38. The Morgan fingerprint density at radius 1 is 1.39 bits per heavy atom. The van der Waals surface area contributed by atoms with E-state index < -0.39 is 17.9 Å². The summed E-state index contributed by atoms with van der Waals surface area (Å²) in [5.74, 6) is 2.77. The topological polar surface area (TPSA) is 98.5 Å². The molecule has 1 aromatic carbocycles. The molecule has 3 aromatic rings. The summed E-state index contributed by atoms with van der Waals surface area (Å²) >= 11 is 6.10. The van der Waals surface area contributed by atoms with E-state index in [0.29, 0.717) is 30.3 Å². The molecular weight excluding hydrogens is 420 g/mol. The predicted molar refractivity (Wildman–Crippen MR) is 116 cm³/mol. The third kappa shape index (κ3) is 4.49. The van der Waals surface area contributed by atoms with E-state index in [1.807, 2.05) is 30.3 Å². The van der Waals surface area contributed by atoms with Gasteiger partial charge in [-0.2, -0.15) is 9.97 Å². The summed E-state index contributed by atoms with van der Waals surface area (Å²) in [5, 5.41) is 12.8. The maximum atomic E-state index is 12.3. The lowest BCUT2D eigenvalue weighted by atomic mass is 10.0. The van der Waals surface area contributed by atoms with Crippen molar-refractivity contribution in [2.24, 2.45) is 0 Å². The lowest BCUT2D eigenvalue weighted by Gasteiger charge is -2.21. The fourth-order valence-electron chi connectivity index (χ4n) is 3.57. The largest absolute Gasteiger partial charge is 0.449 e. The van der Waals surface area contributed by atoms with Crippen LogP contribution in [-0.2, 0) is 15.9 Å². The number of carbonyl (C=O) groups excluding carboxylic acids is 1. The van der Waals surface area contributed by atoms with Gasteiger partial charge >= 0.3 is 6.09 Å². The van der Waals surface area contributed by atoms with E-state index in [2.05, 4.69) is 21.2 Å². The van der Waals surface area contributed by atoms with Crippen LogP contribution in [0.25, 0.3) is 11.0 Å². The van der Waals surface area contributed by atoms with Crippen LogP contribution in [0.3, 0.4) is 0 Å². The van der Waals surface area contributed by atoms with Gasteiger partial charge in [0.2, 0.25) is 5.28 Å². The number of terminal acetylenes is 1. The first-order chi connectivity index (χ1) is 15.0. The third-order valence-electron chi connectivity index (χ3n) is 5.22. The molecule has 0 radical (unpaired) electrons. The predicted octanol–water partition coefficient (Wildman–Crippen LogP) is 3.55. The first-order valence-corrected chi connectivity index (χ1v) is 10.2. The number of nitrogens with zero attached hydrogens (tertiary/aromatic N) is 3. The van der Waals surface area contributed by atoms with Crippen molar-refractivity contribution in [2.45, 2.75) is 31.1 Å². The second kappa shape index (κ2) is 8.94. The maximum absolute atomic E-state index is 12.3. The summed E-state index contributed by atoms with van der Waals surface area (Å²) in [5.41, 5.74) is 0.541. The third-order valence-corrected chi connectivity index (χ3v) is 5.39. The quantitative estimate of drug-likeness (QED) is 0.449. The van der Waals surface area contributed by atoms with E-state index in [4.69, 9.17) is 27.5 Å². The molecule has 2 aromatic heterocycles. The number of hydrogen-bond donors (Lipinski definition) is 2. The minimum absolute atomic E-state index is 0.0320. The minimum atomic E-state index is -1.01. The first kappa shape index (κ1) is 21.1. The van der Waals surface area contributed by atoms with E-state index in [1.165, 1.54) is 0 Å². The van der Waals surface area contributed by atoms with E-state index in [9.17, 15) is 9.90 Å². The molecule has 1 aliphatic rings. The summed E-state index contributed by atoms with van der Waals surface area (Å²) in [6, 6.07) is 11.5. The average molecular weight is 441 g/mol. The minimum Gasteiger partial charge on any atom is -0.449 e. The normalized spacial score (nSPS) is 20.5. The van der Waals surface area contributed by atoms with E-state index in [-0.39, 0.29) is 24.3 Å². The molecule has 1 amide bonds. The van der Waals surface area contributed by atoms with E-state index >= 15 is 0 Å². The Morgan fingerprint density at radius 3 is 2.90 bits per heavy atom. The van der Waals surface area contributed by atoms with E-state index in [0.717, 1.165) is 5.56 Å². The van der Waals surface area contributed by atoms with Crippen molar-refractivity contribution >= 4 is 34.5 Å². The van der Waals surface area contributed by atoms with Crippen LogP contribution in [0.15, 0.2) is 42.6 Å². The number of aliphatic hydroxyl groups is 1. The zero-order chi connectivity index (χ0) is 21.8. The number of ether oxygens (including phenoxy) is 2. The molecule has 160 valence electrons. The highest BCUT2D eigenvalue weighted by molar-refractivity contribution is 6.28. The smallest absolute Gasteiger partial charge is 0.412 e. The Bertz CT molecular complexity index is 1130. The van der Waals surface area contributed by atoms with Crippen LogP contribution in [-0.4, -0.2) is 44.5 Å². The molecule has 8 nitrogen and oxygen atoms in total.